The molecule has 0 saturated carbocycles. The first-order chi connectivity index (χ1) is 10.6. The van der Waals surface area contributed by atoms with Crippen LogP contribution in [0.4, 0.5) is 0 Å². The van der Waals surface area contributed by atoms with Crippen molar-refractivity contribution in [1.82, 2.24) is 0 Å². The minimum atomic E-state index is 0.875. The second-order valence-electron chi connectivity index (χ2n) is 7.93. The molecule has 0 radical (unpaired) electrons. The third-order valence-corrected chi connectivity index (χ3v) is 4.71. The van der Waals surface area contributed by atoms with Crippen LogP contribution in [0.5, 0.6) is 0 Å². The third-order valence-electron chi connectivity index (χ3n) is 4.71. The van der Waals surface area contributed by atoms with Crippen LogP contribution in [-0.2, 0) is 4.74 Å². The van der Waals surface area contributed by atoms with Gasteiger partial charge >= 0.3 is 0 Å². The van der Waals surface area contributed by atoms with Crippen molar-refractivity contribution in [3.63, 3.8) is 0 Å². The van der Waals surface area contributed by atoms with E-state index in [2.05, 4.69) is 34.6 Å². The summed E-state index contributed by atoms with van der Waals surface area (Å²) in [7, 11) is 0. The van der Waals surface area contributed by atoms with E-state index in [4.69, 9.17) is 4.74 Å². The zero-order valence-corrected chi connectivity index (χ0v) is 16.3. The van der Waals surface area contributed by atoms with E-state index in [0.29, 0.717) is 0 Å². The summed E-state index contributed by atoms with van der Waals surface area (Å²) in [5.41, 5.74) is 0. The van der Waals surface area contributed by atoms with E-state index in [0.717, 1.165) is 37.4 Å². The van der Waals surface area contributed by atoms with E-state index in [1.54, 1.807) is 0 Å². The van der Waals surface area contributed by atoms with Gasteiger partial charge in [0.15, 0.2) is 0 Å². The lowest BCUT2D eigenvalue weighted by atomic mass is 9.92. The van der Waals surface area contributed by atoms with Gasteiger partial charge in [0.25, 0.3) is 0 Å². The zero-order chi connectivity index (χ0) is 16.6. The van der Waals surface area contributed by atoms with E-state index in [1.165, 1.54) is 64.2 Å². The van der Waals surface area contributed by atoms with Gasteiger partial charge in [-0.05, 0) is 30.6 Å². The van der Waals surface area contributed by atoms with Crippen molar-refractivity contribution in [3.8, 4) is 0 Å². The first kappa shape index (κ1) is 22.0. The van der Waals surface area contributed by atoms with Gasteiger partial charge in [-0.15, -0.1) is 0 Å². The highest BCUT2D eigenvalue weighted by Gasteiger charge is 2.06. The van der Waals surface area contributed by atoms with E-state index in [9.17, 15) is 0 Å². The van der Waals surface area contributed by atoms with Gasteiger partial charge in [0, 0.05) is 13.2 Å². The summed E-state index contributed by atoms with van der Waals surface area (Å²) in [6.45, 7) is 13.6. The summed E-state index contributed by atoms with van der Waals surface area (Å²) >= 11 is 0. The monoisotopic (exact) mass is 312 g/mol. The van der Waals surface area contributed by atoms with Crippen LogP contribution in [0.1, 0.15) is 105 Å². The lowest BCUT2D eigenvalue weighted by Gasteiger charge is -2.15. The van der Waals surface area contributed by atoms with Crippen LogP contribution in [0.15, 0.2) is 0 Å². The molecular weight excluding hydrogens is 268 g/mol. The van der Waals surface area contributed by atoms with Crippen LogP contribution < -0.4 is 0 Å². The molecule has 2 atom stereocenters. The number of hydrogen-bond acceptors (Lipinski definition) is 1. The molecule has 0 aliphatic carbocycles. The smallest absolute Gasteiger partial charge is 0.0466 e. The minimum absolute atomic E-state index is 0.875. The molecule has 0 fully saturated rings. The average Bonchev–Trinajstić information content (AvgIpc) is 2.46. The molecule has 0 rings (SSSR count). The first-order valence-electron chi connectivity index (χ1n) is 10.1. The Labute approximate surface area is 141 Å². The average molecular weight is 313 g/mol. The Kier molecular flexibility index (Phi) is 15.8. The standard InChI is InChI=1S/C21H44O/c1-6-17-22-18-9-7-8-13-20(4)15-11-16-21(5)14-10-12-19(2)3/h19-21H,6-18H2,1-5H3. The fourth-order valence-electron chi connectivity index (χ4n) is 3.10. The van der Waals surface area contributed by atoms with Gasteiger partial charge in [0.05, 0.1) is 0 Å². The van der Waals surface area contributed by atoms with E-state index in [-0.39, 0.29) is 0 Å². The van der Waals surface area contributed by atoms with Crippen LogP contribution in [0, 0.1) is 17.8 Å². The molecule has 0 N–H and O–H groups in total. The largest absolute Gasteiger partial charge is 0.381 e. The van der Waals surface area contributed by atoms with Crippen LogP contribution in [0.3, 0.4) is 0 Å². The van der Waals surface area contributed by atoms with Crippen LogP contribution >= 0.6 is 0 Å². The summed E-state index contributed by atoms with van der Waals surface area (Å²) in [6, 6.07) is 0. The Balaban J connectivity index is 3.32. The molecule has 22 heavy (non-hydrogen) atoms. The highest BCUT2D eigenvalue weighted by Crippen LogP contribution is 2.21. The molecule has 1 nitrogen and oxygen atoms in total. The Morgan fingerprint density at radius 2 is 1.14 bits per heavy atom. The van der Waals surface area contributed by atoms with Crippen molar-refractivity contribution in [1.29, 1.82) is 0 Å². The Morgan fingerprint density at radius 3 is 1.68 bits per heavy atom. The van der Waals surface area contributed by atoms with Gasteiger partial charge in [0.2, 0.25) is 0 Å². The molecule has 0 aromatic rings. The van der Waals surface area contributed by atoms with Crippen molar-refractivity contribution in [2.45, 2.75) is 105 Å². The van der Waals surface area contributed by atoms with Gasteiger partial charge in [-0.25, -0.2) is 0 Å². The fourth-order valence-corrected chi connectivity index (χ4v) is 3.10. The number of ether oxygens (including phenoxy) is 1. The molecule has 0 aliphatic heterocycles. The topological polar surface area (TPSA) is 9.23 Å². The molecule has 134 valence electrons. The van der Waals surface area contributed by atoms with E-state index >= 15 is 0 Å². The lowest BCUT2D eigenvalue weighted by molar-refractivity contribution is 0.130. The molecule has 0 aliphatic rings. The second-order valence-corrected chi connectivity index (χ2v) is 7.93. The summed E-state index contributed by atoms with van der Waals surface area (Å²) in [5, 5.41) is 0. The van der Waals surface area contributed by atoms with Gasteiger partial charge in [-0.2, -0.15) is 0 Å². The summed E-state index contributed by atoms with van der Waals surface area (Å²) in [6.07, 6.45) is 15.1. The molecule has 0 heterocycles. The molecular formula is C21H44O. The summed E-state index contributed by atoms with van der Waals surface area (Å²) < 4.78 is 5.53. The van der Waals surface area contributed by atoms with Crippen molar-refractivity contribution in [2.24, 2.45) is 17.8 Å². The highest BCUT2D eigenvalue weighted by atomic mass is 16.5. The summed E-state index contributed by atoms with van der Waals surface area (Å²) in [4.78, 5) is 0. The Morgan fingerprint density at radius 1 is 0.591 bits per heavy atom. The maximum absolute atomic E-state index is 5.53. The first-order valence-corrected chi connectivity index (χ1v) is 10.1. The van der Waals surface area contributed by atoms with Crippen LogP contribution in [0.25, 0.3) is 0 Å². The minimum Gasteiger partial charge on any atom is -0.381 e. The predicted molar refractivity (Wildman–Crippen MR) is 100 cm³/mol. The van der Waals surface area contributed by atoms with Crippen molar-refractivity contribution < 1.29 is 4.74 Å². The van der Waals surface area contributed by atoms with Crippen molar-refractivity contribution >= 4 is 0 Å². The normalized spacial score (nSPS) is 14.5. The van der Waals surface area contributed by atoms with Gasteiger partial charge in [-0.1, -0.05) is 92.4 Å². The molecule has 0 spiro atoms. The highest BCUT2D eigenvalue weighted by molar-refractivity contribution is 4.59. The molecule has 0 aromatic heterocycles. The number of unbranched alkanes of at least 4 members (excludes halogenated alkanes) is 2. The maximum atomic E-state index is 5.53. The molecule has 0 aromatic carbocycles. The molecule has 1 heteroatoms. The molecule has 0 bridgehead atoms. The predicted octanol–water partition coefficient (Wildman–Crippen LogP) is 7.24. The lowest BCUT2D eigenvalue weighted by Crippen LogP contribution is -2.00. The number of hydrogen-bond donors (Lipinski definition) is 0. The Hall–Kier alpha value is -0.0400. The van der Waals surface area contributed by atoms with Crippen molar-refractivity contribution in [3.05, 3.63) is 0 Å². The van der Waals surface area contributed by atoms with E-state index in [1.807, 2.05) is 0 Å². The van der Waals surface area contributed by atoms with Crippen LogP contribution in [0.2, 0.25) is 0 Å². The quantitative estimate of drug-likeness (QED) is 0.273. The number of rotatable bonds is 16. The van der Waals surface area contributed by atoms with Gasteiger partial charge in [0.1, 0.15) is 0 Å². The maximum Gasteiger partial charge on any atom is 0.0466 e. The Bertz CT molecular complexity index is 212. The fraction of sp³-hybridized carbons (Fsp3) is 1.00. The van der Waals surface area contributed by atoms with Gasteiger partial charge in [-0.3, -0.25) is 0 Å². The zero-order valence-electron chi connectivity index (χ0n) is 16.3. The van der Waals surface area contributed by atoms with Gasteiger partial charge < -0.3 is 4.74 Å². The van der Waals surface area contributed by atoms with Crippen molar-refractivity contribution in [2.75, 3.05) is 13.2 Å². The molecule has 2 unspecified atom stereocenters. The summed E-state index contributed by atoms with van der Waals surface area (Å²) in [5.74, 6) is 2.72. The SMILES string of the molecule is CCCOCCCCCC(C)CCCC(C)CCCC(C)C. The van der Waals surface area contributed by atoms with E-state index < -0.39 is 0 Å². The molecule has 0 saturated heterocycles. The van der Waals surface area contributed by atoms with Crippen LogP contribution in [-0.4, -0.2) is 13.2 Å². The second kappa shape index (κ2) is 15.8. The molecule has 0 amide bonds. The third kappa shape index (κ3) is 16.3.